The highest BCUT2D eigenvalue weighted by atomic mass is 127. The zero-order valence-corrected chi connectivity index (χ0v) is 13.3. The van der Waals surface area contributed by atoms with Crippen LogP contribution in [-0.2, 0) is 0 Å². The normalized spacial score (nSPS) is 10.3. The van der Waals surface area contributed by atoms with Gasteiger partial charge in [-0.05, 0) is 52.9 Å². The molecule has 0 aliphatic heterocycles. The molecule has 0 spiro atoms. The maximum Gasteiger partial charge on any atom is 0.255 e. The summed E-state index contributed by atoms with van der Waals surface area (Å²) in [7, 11) is 0. The molecule has 1 amide bonds. The molecule has 0 unspecified atom stereocenters. The van der Waals surface area contributed by atoms with Gasteiger partial charge in [0, 0.05) is 9.13 Å². The zero-order chi connectivity index (χ0) is 15.6. The molecule has 0 aliphatic rings. The van der Waals surface area contributed by atoms with Gasteiger partial charge in [0.1, 0.15) is 5.69 Å². The Bertz CT molecular complexity index is 689. The molecule has 8 heteroatoms. The van der Waals surface area contributed by atoms with Crippen molar-refractivity contribution in [3.63, 3.8) is 0 Å². The number of nitrogen functional groups attached to an aromatic ring is 1. The highest BCUT2D eigenvalue weighted by Gasteiger charge is 2.15. The first-order valence-electron chi connectivity index (χ1n) is 5.64. The molecule has 0 aliphatic carbocycles. The summed E-state index contributed by atoms with van der Waals surface area (Å²) in [6, 6.07) is 6.76. The molecule has 110 valence electrons. The van der Waals surface area contributed by atoms with Crippen molar-refractivity contribution in [2.75, 3.05) is 10.7 Å². The molecule has 0 heterocycles. The molecule has 4 nitrogen and oxygen atoms in total. The molecular weight excluding hydrogens is 415 g/mol. The number of halogens is 4. The number of carbonyl (C=O) groups is 1. The fourth-order valence-electron chi connectivity index (χ4n) is 1.63. The van der Waals surface area contributed by atoms with Gasteiger partial charge < -0.3 is 10.7 Å². The third-order valence-corrected chi connectivity index (χ3v) is 3.61. The average Bonchev–Trinajstić information content (AvgIpc) is 2.41. The van der Waals surface area contributed by atoms with Crippen LogP contribution in [0.25, 0.3) is 0 Å². The predicted molar refractivity (Wildman–Crippen MR) is 86.3 cm³/mol. The second-order valence-corrected chi connectivity index (χ2v) is 5.69. The summed E-state index contributed by atoms with van der Waals surface area (Å²) < 4.78 is 28.0. The number of carbonyl (C=O) groups excluding carboxylic acids is 1. The van der Waals surface area contributed by atoms with Crippen LogP contribution in [0.15, 0.2) is 30.3 Å². The van der Waals surface area contributed by atoms with Crippen molar-refractivity contribution in [1.29, 1.82) is 0 Å². The number of amides is 1. The number of benzene rings is 2. The molecule has 21 heavy (non-hydrogen) atoms. The van der Waals surface area contributed by atoms with Crippen LogP contribution in [0.5, 0.6) is 0 Å². The molecule has 0 radical (unpaired) electrons. The van der Waals surface area contributed by atoms with E-state index in [2.05, 4.69) is 27.9 Å². The molecule has 2 rings (SSSR count). The smallest absolute Gasteiger partial charge is 0.255 e. The number of nitrogens with two attached hydrogens (primary N) is 1. The van der Waals surface area contributed by atoms with E-state index >= 15 is 0 Å². The Morgan fingerprint density at radius 2 is 1.81 bits per heavy atom. The molecule has 2 aromatic rings. The van der Waals surface area contributed by atoms with Crippen LogP contribution in [0.3, 0.4) is 0 Å². The van der Waals surface area contributed by atoms with Crippen LogP contribution >= 0.6 is 34.2 Å². The Labute approximate surface area is 137 Å². The monoisotopic (exact) mass is 423 g/mol. The van der Waals surface area contributed by atoms with Crippen LogP contribution in [-0.4, -0.2) is 5.91 Å². The van der Waals surface area contributed by atoms with Gasteiger partial charge in [0.05, 0.1) is 10.7 Å². The Morgan fingerprint density at radius 3 is 2.33 bits per heavy atom. The summed E-state index contributed by atoms with van der Waals surface area (Å²) in [4.78, 5) is 12.0. The molecule has 0 saturated carbocycles. The third-order valence-electron chi connectivity index (χ3n) is 2.63. The van der Waals surface area contributed by atoms with Gasteiger partial charge in [0.2, 0.25) is 0 Å². The van der Waals surface area contributed by atoms with Gasteiger partial charge >= 0.3 is 0 Å². The lowest BCUT2D eigenvalue weighted by Crippen LogP contribution is -2.15. The first-order valence-corrected chi connectivity index (χ1v) is 7.10. The highest BCUT2D eigenvalue weighted by Crippen LogP contribution is 2.25. The largest absolute Gasteiger partial charge is 0.321 e. The van der Waals surface area contributed by atoms with Crippen molar-refractivity contribution in [2.45, 2.75) is 0 Å². The summed E-state index contributed by atoms with van der Waals surface area (Å²) in [5.41, 5.74) is 1.56. The maximum atomic E-state index is 13.6. The van der Waals surface area contributed by atoms with Crippen LogP contribution in [0.4, 0.5) is 20.2 Å². The van der Waals surface area contributed by atoms with E-state index in [1.807, 2.05) is 5.43 Å². The van der Waals surface area contributed by atoms with E-state index in [0.717, 1.165) is 15.7 Å². The SMILES string of the molecule is NNc1c(F)cc(C(=O)Nc2ccc(I)cc2Cl)cc1F. The average molecular weight is 424 g/mol. The van der Waals surface area contributed by atoms with Gasteiger partial charge in [-0.1, -0.05) is 11.6 Å². The highest BCUT2D eigenvalue weighted by molar-refractivity contribution is 14.1. The van der Waals surface area contributed by atoms with Gasteiger partial charge in [-0.25, -0.2) is 8.78 Å². The van der Waals surface area contributed by atoms with E-state index in [1.165, 1.54) is 0 Å². The predicted octanol–water partition coefficient (Wildman–Crippen LogP) is 3.76. The zero-order valence-electron chi connectivity index (χ0n) is 10.4. The number of nitrogens with one attached hydrogen (secondary N) is 2. The van der Waals surface area contributed by atoms with Crippen LogP contribution in [0.2, 0.25) is 5.02 Å². The fraction of sp³-hybridized carbons (Fsp3) is 0. The van der Waals surface area contributed by atoms with Crippen molar-refractivity contribution in [1.82, 2.24) is 0 Å². The quantitative estimate of drug-likeness (QED) is 0.400. The minimum Gasteiger partial charge on any atom is -0.321 e. The van der Waals surface area contributed by atoms with Crippen molar-refractivity contribution in [3.05, 3.63) is 56.1 Å². The molecule has 0 fully saturated rings. The van der Waals surface area contributed by atoms with Gasteiger partial charge in [-0.3, -0.25) is 10.6 Å². The van der Waals surface area contributed by atoms with E-state index in [4.69, 9.17) is 17.4 Å². The number of hydrazine groups is 1. The summed E-state index contributed by atoms with van der Waals surface area (Å²) in [5, 5.41) is 2.82. The minimum atomic E-state index is -0.962. The molecular formula is C13H9ClF2IN3O. The Balaban J connectivity index is 2.28. The summed E-state index contributed by atoms with van der Waals surface area (Å²) in [6.07, 6.45) is 0. The summed E-state index contributed by atoms with van der Waals surface area (Å²) in [5.74, 6) is 2.38. The lowest BCUT2D eigenvalue weighted by Gasteiger charge is -2.09. The number of anilines is 2. The number of hydrogen-bond donors (Lipinski definition) is 3. The van der Waals surface area contributed by atoms with Gasteiger partial charge in [-0.2, -0.15) is 0 Å². The molecule has 0 aromatic heterocycles. The van der Waals surface area contributed by atoms with Gasteiger partial charge in [-0.15, -0.1) is 0 Å². The lowest BCUT2D eigenvalue weighted by atomic mass is 10.1. The van der Waals surface area contributed by atoms with E-state index in [-0.39, 0.29) is 5.56 Å². The van der Waals surface area contributed by atoms with E-state index in [0.29, 0.717) is 10.7 Å². The topological polar surface area (TPSA) is 67.1 Å². The summed E-state index contributed by atoms with van der Waals surface area (Å²) >= 11 is 8.05. The maximum absolute atomic E-state index is 13.6. The molecule has 0 saturated heterocycles. The molecule has 0 bridgehead atoms. The minimum absolute atomic E-state index is 0.182. The standard InChI is InChI=1S/C13H9ClF2IN3O/c14-8-5-7(17)1-2-11(8)19-13(21)6-3-9(15)12(20-18)10(16)4-6/h1-5,20H,18H2,(H,19,21). The van der Waals surface area contributed by atoms with Gasteiger partial charge in [0.25, 0.3) is 5.91 Å². The second-order valence-electron chi connectivity index (χ2n) is 4.04. The fourth-order valence-corrected chi connectivity index (χ4v) is 2.53. The van der Waals surface area contributed by atoms with E-state index in [9.17, 15) is 13.6 Å². The van der Waals surface area contributed by atoms with Crippen LogP contribution < -0.4 is 16.6 Å². The first kappa shape index (κ1) is 15.9. The Kier molecular flexibility index (Phi) is 4.96. The Morgan fingerprint density at radius 1 is 1.19 bits per heavy atom. The van der Waals surface area contributed by atoms with Gasteiger partial charge in [0.15, 0.2) is 11.6 Å². The van der Waals surface area contributed by atoms with E-state index < -0.39 is 23.2 Å². The second kappa shape index (κ2) is 6.54. The molecule has 4 N–H and O–H groups in total. The molecule has 0 atom stereocenters. The third kappa shape index (κ3) is 3.60. The van der Waals surface area contributed by atoms with Crippen molar-refractivity contribution in [3.8, 4) is 0 Å². The number of rotatable bonds is 3. The summed E-state index contributed by atoms with van der Waals surface area (Å²) in [6.45, 7) is 0. The van der Waals surface area contributed by atoms with Crippen LogP contribution in [0, 0.1) is 15.2 Å². The Hall–Kier alpha value is -1.45. The van der Waals surface area contributed by atoms with Crippen LogP contribution in [0.1, 0.15) is 10.4 Å². The lowest BCUT2D eigenvalue weighted by molar-refractivity contribution is 0.102. The van der Waals surface area contributed by atoms with Crippen molar-refractivity contribution >= 4 is 51.5 Å². The van der Waals surface area contributed by atoms with Crippen molar-refractivity contribution < 1.29 is 13.6 Å². The number of hydrogen-bond acceptors (Lipinski definition) is 3. The molecule has 2 aromatic carbocycles. The van der Waals surface area contributed by atoms with Crippen molar-refractivity contribution in [2.24, 2.45) is 5.84 Å². The van der Waals surface area contributed by atoms with E-state index in [1.54, 1.807) is 18.2 Å². The first-order chi connectivity index (χ1) is 9.92.